The van der Waals surface area contributed by atoms with E-state index < -0.39 is 92.4 Å². The maximum atomic E-state index is 14.5. The summed E-state index contributed by atoms with van der Waals surface area (Å²) in [4.78, 5) is 118. The minimum Gasteiger partial charge on any atom is -0.494 e. The molecule has 2 saturated heterocycles. The van der Waals surface area contributed by atoms with Crippen molar-refractivity contribution in [3.05, 3.63) is 121 Å². The van der Waals surface area contributed by atoms with E-state index in [1.54, 1.807) is 91.1 Å². The standard InChI is InChI=1S/C66H71F4N11O13.CH4OS.Y/c67-65(68)17-23-80(43-65)57(82)37-73-63(91)51-15-19-71-55-13-7-47(35-53(51)55)45-3-9-49(10-4-45)93-33-1-21-79(59(84)39-75-25-27-76(40-60(85)86)29-31-78(42-62(89)90)32-30-77(28-26-75)41-61(87)88)22-2-34-94-50-11-5-46(6-12-50)48-8-14-56-54(36-48)52(16-20-72-56)64(92)74-38-58(83)81-24-18-66(69,70)44-81;1-3-2;/h3-16,19-20,27-28,35-36H,1-2,17-18,21-26,29-34,37-44H2,(H3-2,73,74,85,86,87,88,89,90,91,92);2H,1H3;/p+2. The Morgan fingerprint density at radius 1 is 0.571 bits per heavy atom. The van der Waals surface area contributed by atoms with Crippen LogP contribution in [0.2, 0.25) is 0 Å². The molecular weight excluding hydrogens is 1380 g/mol. The van der Waals surface area contributed by atoms with Crippen molar-refractivity contribution in [1.82, 2.24) is 45.1 Å². The number of amides is 5. The van der Waals surface area contributed by atoms with Gasteiger partial charge in [0.05, 0.1) is 101 Å². The predicted octanol–water partition coefficient (Wildman–Crippen LogP) is 5.24. The number of aliphatic carboxylic acids is 3. The van der Waals surface area contributed by atoms with Crippen LogP contribution >= 0.6 is 12.0 Å². The van der Waals surface area contributed by atoms with Gasteiger partial charge < -0.3 is 54.7 Å². The molecule has 5 amide bonds. The molecule has 25 nitrogen and oxygen atoms in total. The summed E-state index contributed by atoms with van der Waals surface area (Å²) in [5, 5.41) is 35.2. The molecule has 3 aliphatic heterocycles. The summed E-state index contributed by atoms with van der Waals surface area (Å²) in [5.41, 5.74) is 4.60. The van der Waals surface area contributed by atoms with Crippen molar-refractivity contribution in [2.75, 3.05) is 137 Å². The van der Waals surface area contributed by atoms with Gasteiger partial charge in [0.25, 0.3) is 23.7 Å². The molecule has 98 heavy (non-hydrogen) atoms. The maximum absolute atomic E-state index is 14.5. The first-order chi connectivity index (χ1) is 46.4. The van der Waals surface area contributed by atoms with Crippen LogP contribution in [-0.2, 0) is 61.5 Å². The molecule has 0 bridgehead atoms. The minimum absolute atomic E-state index is 0. The third kappa shape index (κ3) is 23.3. The number of hydrogen-bond acceptors (Lipinski definition) is 16. The monoisotopic (exact) mass is 1460 g/mol. The number of carboxylic acid groups (broad SMARTS) is 3. The molecule has 31 heteroatoms. The average Bonchev–Trinajstić information content (AvgIpc) is 1.08. The molecule has 3 aliphatic rings. The number of carbonyl (C=O) groups is 8. The van der Waals surface area contributed by atoms with Crippen molar-refractivity contribution >= 4 is 93.7 Å². The second kappa shape index (κ2) is 36.9. The molecule has 2 aromatic heterocycles. The van der Waals surface area contributed by atoms with Gasteiger partial charge in [0.15, 0.2) is 25.5 Å². The molecule has 0 spiro atoms. The Balaban J connectivity index is 0.00000332. The zero-order chi connectivity index (χ0) is 69.7. The first-order valence-corrected chi connectivity index (χ1v) is 32.5. The van der Waals surface area contributed by atoms with Crippen molar-refractivity contribution in [3.8, 4) is 33.8 Å². The van der Waals surface area contributed by atoms with Gasteiger partial charge in [-0.2, -0.15) is 0 Å². The zero-order valence-electron chi connectivity index (χ0n) is 53.9. The topological polar surface area (TPSA) is 308 Å². The first-order valence-electron chi connectivity index (χ1n) is 31.3. The molecule has 5 heterocycles. The van der Waals surface area contributed by atoms with E-state index in [1.807, 2.05) is 36.4 Å². The van der Waals surface area contributed by atoms with Gasteiger partial charge >= 0.3 is 17.9 Å². The minimum atomic E-state index is -2.96. The number of carboxylic acids is 3. The van der Waals surface area contributed by atoms with E-state index in [-0.39, 0.29) is 155 Å². The molecule has 6 aromatic rings. The van der Waals surface area contributed by atoms with Crippen LogP contribution in [0.3, 0.4) is 0 Å². The molecule has 0 saturated carbocycles. The molecule has 0 atom stereocenters. The third-order valence-electron chi connectivity index (χ3n) is 16.2. The summed E-state index contributed by atoms with van der Waals surface area (Å²) in [6, 6.07) is 28.3. The van der Waals surface area contributed by atoms with Crippen LogP contribution in [0.5, 0.6) is 11.5 Å². The van der Waals surface area contributed by atoms with E-state index in [1.165, 1.54) is 24.5 Å². The van der Waals surface area contributed by atoms with E-state index in [4.69, 9.17) is 14.0 Å². The molecule has 0 aliphatic carbocycles. The molecule has 2 fully saturated rings. The van der Waals surface area contributed by atoms with Crippen molar-refractivity contribution in [1.29, 1.82) is 0 Å². The average molecular weight is 1460 g/mol. The number of hydrogen-bond donors (Lipinski definition) is 6. The number of pyridine rings is 2. The number of alkyl halides is 4. The largest absolute Gasteiger partial charge is 0.494 e. The fourth-order valence-electron chi connectivity index (χ4n) is 11.2. The number of halogens is 4. The molecule has 0 unspecified atom stereocenters. The summed E-state index contributed by atoms with van der Waals surface area (Å²) in [6.07, 6.45) is 7.72. The van der Waals surface area contributed by atoms with Crippen LogP contribution in [0.15, 0.2) is 109 Å². The quantitative estimate of drug-likeness (QED) is 0.0175. The Morgan fingerprint density at radius 3 is 1.36 bits per heavy atom. The summed E-state index contributed by atoms with van der Waals surface area (Å²) in [7, 11) is 0. The van der Waals surface area contributed by atoms with Gasteiger partial charge in [0, 0.05) is 101 Å². The van der Waals surface area contributed by atoms with Crippen molar-refractivity contribution in [3.63, 3.8) is 0 Å². The van der Waals surface area contributed by atoms with Gasteiger partial charge in [-0.3, -0.25) is 48.5 Å². The summed E-state index contributed by atoms with van der Waals surface area (Å²) >= 11 is 0.750. The fraction of sp³-hybridized carbons (Fsp3) is 0.403. The maximum Gasteiger partial charge on any atom is 0.369 e. The van der Waals surface area contributed by atoms with Gasteiger partial charge in [0.2, 0.25) is 30.8 Å². The number of carbonyl (C=O) groups excluding carboxylic acids is 5. The first kappa shape index (κ1) is 76.8. The van der Waals surface area contributed by atoms with Gasteiger partial charge in [-0.1, -0.05) is 36.4 Å². The van der Waals surface area contributed by atoms with E-state index in [0.29, 0.717) is 46.1 Å². The van der Waals surface area contributed by atoms with Gasteiger partial charge in [-0.05, 0) is 108 Å². The summed E-state index contributed by atoms with van der Waals surface area (Å²) in [6.45, 7) is -2.03. The zero-order valence-corrected chi connectivity index (χ0v) is 57.6. The molecule has 6 N–H and O–H groups in total. The number of rotatable bonds is 26. The van der Waals surface area contributed by atoms with E-state index in [0.717, 1.165) is 44.1 Å². The van der Waals surface area contributed by atoms with Crippen LogP contribution in [0.1, 0.15) is 46.4 Å². The third-order valence-corrected chi connectivity index (χ3v) is 16.2. The molecular formula is C67H77F4N11O14SY+2. The normalized spacial score (nSPS) is 15.6. The van der Waals surface area contributed by atoms with E-state index >= 15 is 0 Å². The Kier molecular flexibility index (Phi) is 28.9. The number of nitrogens with zero attached hydrogens (tertiary/aromatic N) is 9. The Hall–Kier alpha value is -8.55. The Bertz CT molecular complexity index is 3650. The fourth-order valence-corrected chi connectivity index (χ4v) is 11.2. The van der Waals surface area contributed by atoms with Crippen LogP contribution in [0, 0.1) is 0 Å². The molecule has 4 aromatic carbocycles. The Labute approximate surface area is 591 Å². The second-order valence-electron chi connectivity index (χ2n) is 23.4. The van der Waals surface area contributed by atoms with Crippen molar-refractivity contribution in [2.24, 2.45) is 0 Å². The number of aromatic nitrogens is 2. The molecule has 9 rings (SSSR count). The van der Waals surface area contributed by atoms with Crippen LogP contribution < -0.4 is 20.1 Å². The molecule has 519 valence electrons. The van der Waals surface area contributed by atoms with Crippen LogP contribution in [-0.4, -0.2) is 272 Å². The predicted molar refractivity (Wildman–Crippen MR) is 352 cm³/mol. The van der Waals surface area contributed by atoms with Gasteiger partial charge in [-0.25, -0.2) is 36.3 Å². The van der Waals surface area contributed by atoms with Crippen molar-refractivity contribution in [2.45, 2.75) is 37.5 Å². The number of fused-ring (bicyclic) bond motifs is 2. The Morgan fingerprint density at radius 2 is 0.980 bits per heavy atom. The van der Waals surface area contributed by atoms with E-state index in [2.05, 4.69) is 20.6 Å². The van der Waals surface area contributed by atoms with Crippen LogP contribution in [0.25, 0.3) is 44.1 Å². The number of ether oxygens (including phenoxy) is 2. The SMILES string of the molecule is CSO.O=C(O)CN1CC[N+](CC(=O)O)=CCN(CC(=O)N(CCCOc2ccc(-c3ccc4nccc(C(=O)NCC(=O)N5CCC(F)(F)C5)c4c3)cc2)CCCOc2ccc(-c3ccc4nccc(C(=O)NCC(=O)N5CCC(F)(F)C5)c4c3)cc2)CC=[N+](CC(=O)O)CC1.[Y]. The van der Waals surface area contributed by atoms with E-state index in [9.17, 15) is 71.2 Å². The van der Waals surface area contributed by atoms with Crippen LogP contribution in [0.4, 0.5) is 17.6 Å². The van der Waals surface area contributed by atoms with Gasteiger partial charge in [-0.15, -0.1) is 0 Å². The van der Waals surface area contributed by atoms with Crippen molar-refractivity contribution < 1.29 is 127 Å². The smallest absolute Gasteiger partial charge is 0.369 e. The summed E-state index contributed by atoms with van der Waals surface area (Å²) in [5.74, 6) is -10.8. The molecule has 1 radical (unpaired) electrons. The van der Waals surface area contributed by atoms with Gasteiger partial charge in [0.1, 0.15) is 11.5 Å². The number of benzene rings is 4. The second-order valence-corrected chi connectivity index (χ2v) is 23.7. The number of likely N-dealkylation sites (tertiary alicyclic amines) is 2. The number of nitrogens with one attached hydrogen (secondary N) is 2. The summed E-state index contributed by atoms with van der Waals surface area (Å²) < 4.78 is 77.9.